The Morgan fingerprint density at radius 3 is 2.81 bits per heavy atom. The minimum absolute atomic E-state index is 0.141. The van der Waals surface area contributed by atoms with E-state index in [0.717, 1.165) is 19.5 Å². The Morgan fingerprint density at radius 2 is 2.19 bits per heavy atom. The van der Waals surface area contributed by atoms with Crippen molar-refractivity contribution in [1.82, 2.24) is 10.2 Å². The molecule has 0 radical (unpaired) electrons. The van der Waals surface area contributed by atoms with Crippen molar-refractivity contribution in [3.8, 4) is 0 Å². The van der Waals surface area contributed by atoms with Crippen LogP contribution in [0.25, 0.3) is 0 Å². The molecule has 3 unspecified atom stereocenters. The molecule has 1 aromatic heterocycles. The van der Waals surface area contributed by atoms with Crippen LogP contribution in [0.1, 0.15) is 32.8 Å². The molecule has 1 aliphatic heterocycles. The molecule has 1 aliphatic rings. The van der Waals surface area contributed by atoms with Gasteiger partial charge in [0.05, 0.1) is 12.2 Å². The highest BCUT2D eigenvalue weighted by Gasteiger charge is 2.25. The van der Waals surface area contributed by atoms with Gasteiger partial charge in [-0.2, -0.15) is 11.3 Å². The summed E-state index contributed by atoms with van der Waals surface area (Å²) in [6, 6.07) is 2.43. The highest BCUT2D eigenvalue weighted by molar-refractivity contribution is 7.07. The number of thiophene rings is 1. The van der Waals surface area contributed by atoms with E-state index in [4.69, 9.17) is 4.74 Å². The molecule has 0 aromatic carbocycles. The van der Waals surface area contributed by atoms with Gasteiger partial charge in [0, 0.05) is 32.1 Å². The quantitative estimate of drug-likeness (QED) is 0.876. The molecule has 21 heavy (non-hydrogen) atoms. The number of morpholine rings is 1. The van der Waals surface area contributed by atoms with Crippen LogP contribution >= 0.6 is 11.3 Å². The van der Waals surface area contributed by atoms with Crippen LogP contribution in [0.4, 0.5) is 0 Å². The molecule has 1 fully saturated rings. The van der Waals surface area contributed by atoms with Gasteiger partial charge in [-0.3, -0.25) is 9.69 Å². The SMILES string of the molecule is CC1CN(C(C)CNC(=O)CCc2ccsc2)CC(C)O1. The first-order chi connectivity index (χ1) is 10.0. The summed E-state index contributed by atoms with van der Waals surface area (Å²) >= 11 is 1.68. The lowest BCUT2D eigenvalue weighted by Gasteiger charge is -2.39. The van der Waals surface area contributed by atoms with E-state index in [2.05, 4.69) is 47.8 Å². The van der Waals surface area contributed by atoms with E-state index in [0.29, 0.717) is 19.0 Å². The van der Waals surface area contributed by atoms with E-state index in [-0.39, 0.29) is 18.1 Å². The van der Waals surface area contributed by atoms with Gasteiger partial charge < -0.3 is 10.1 Å². The molecule has 4 nitrogen and oxygen atoms in total. The molecule has 0 spiro atoms. The molecular weight excluding hydrogens is 284 g/mol. The number of carbonyl (C=O) groups is 1. The van der Waals surface area contributed by atoms with Crippen molar-refractivity contribution in [1.29, 1.82) is 0 Å². The van der Waals surface area contributed by atoms with Crippen LogP contribution in [0.3, 0.4) is 0 Å². The van der Waals surface area contributed by atoms with Crippen molar-refractivity contribution in [3.63, 3.8) is 0 Å². The third-order valence-corrected chi connectivity index (χ3v) is 4.62. The van der Waals surface area contributed by atoms with Gasteiger partial charge in [0.1, 0.15) is 0 Å². The number of nitrogens with one attached hydrogen (secondary N) is 1. The molecule has 2 heterocycles. The first-order valence-electron chi connectivity index (χ1n) is 7.72. The van der Waals surface area contributed by atoms with Gasteiger partial charge in [0.25, 0.3) is 0 Å². The molecule has 1 aromatic rings. The zero-order chi connectivity index (χ0) is 15.2. The van der Waals surface area contributed by atoms with Gasteiger partial charge in [-0.1, -0.05) is 0 Å². The summed E-state index contributed by atoms with van der Waals surface area (Å²) in [6.07, 6.45) is 1.94. The Kier molecular flexibility index (Phi) is 6.21. The van der Waals surface area contributed by atoms with Crippen molar-refractivity contribution >= 4 is 17.2 Å². The zero-order valence-electron chi connectivity index (χ0n) is 13.2. The van der Waals surface area contributed by atoms with Crippen molar-refractivity contribution in [2.24, 2.45) is 0 Å². The third-order valence-electron chi connectivity index (χ3n) is 3.89. The fourth-order valence-electron chi connectivity index (χ4n) is 2.75. The lowest BCUT2D eigenvalue weighted by atomic mass is 10.1. The molecule has 3 atom stereocenters. The lowest BCUT2D eigenvalue weighted by Crippen LogP contribution is -2.52. The maximum atomic E-state index is 11.9. The standard InChI is InChI=1S/C16H26N2O2S/c1-12(18-9-13(2)20-14(3)10-18)8-17-16(19)5-4-15-6-7-21-11-15/h6-7,11-14H,4-5,8-10H2,1-3H3,(H,17,19). The number of hydrogen-bond donors (Lipinski definition) is 1. The van der Waals surface area contributed by atoms with E-state index >= 15 is 0 Å². The highest BCUT2D eigenvalue weighted by Crippen LogP contribution is 2.13. The van der Waals surface area contributed by atoms with E-state index in [9.17, 15) is 4.79 Å². The van der Waals surface area contributed by atoms with Crippen LogP contribution in [0, 0.1) is 0 Å². The van der Waals surface area contributed by atoms with Crippen LogP contribution < -0.4 is 5.32 Å². The minimum atomic E-state index is 0.141. The minimum Gasteiger partial charge on any atom is -0.373 e. The average molecular weight is 310 g/mol. The summed E-state index contributed by atoms with van der Waals surface area (Å²) in [4.78, 5) is 14.3. The molecule has 118 valence electrons. The lowest BCUT2D eigenvalue weighted by molar-refractivity contribution is -0.121. The molecule has 0 saturated carbocycles. The Hall–Kier alpha value is -0.910. The van der Waals surface area contributed by atoms with E-state index < -0.39 is 0 Å². The van der Waals surface area contributed by atoms with Crippen molar-refractivity contribution in [3.05, 3.63) is 22.4 Å². The van der Waals surface area contributed by atoms with E-state index in [1.54, 1.807) is 11.3 Å². The van der Waals surface area contributed by atoms with Crippen molar-refractivity contribution in [2.45, 2.75) is 51.9 Å². The molecule has 1 saturated heterocycles. The van der Waals surface area contributed by atoms with Crippen LogP contribution in [-0.4, -0.2) is 48.7 Å². The molecule has 1 N–H and O–H groups in total. The predicted molar refractivity (Wildman–Crippen MR) is 86.7 cm³/mol. The van der Waals surface area contributed by atoms with Gasteiger partial charge in [-0.25, -0.2) is 0 Å². The summed E-state index contributed by atoms with van der Waals surface area (Å²) in [5, 5.41) is 7.21. The summed E-state index contributed by atoms with van der Waals surface area (Å²) < 4.78 is 5.74. The molecular formula is C16H26N2O2S. The summed E-state index contributed by atoms with van der Waals surface area (Å²) in [6.45, 7) is 8.97. The van der Waals surface area contributed by atoms with Crippen LogP contribution in [-0.2, 0) is 16.0 Å². The van der Waals surface area contributed by atoms with Crippen molar-refractivity contribution < 1.29 is 9.53 Å². The average Bonchev–Trinajstić information content (AvgIpc) is 2.94. The van der Waals surface area contributed by atoms with Crippen molar-refractivity contribution in [2.75, 3.05) is 19.6 Å². The molecule has 5 heteroatoms. The number of nitrogens with zero attached hydrogens (tertiary/aromatic N) is 1. The highest BCUT2D eigenvalue weighted by atomic mass is 32.1. The van der Waals surface area contributed by atoms with E-state index in [1.165, 1.54) is 5.56 Å². The number of hydrogen-bond acceptors (Lipinski definition) is 4. The fourth-order valence-corrected chi connectivity index (χ4v) is 3.45. The number of amides is 1. The van der Waals surface area contributed by atoms with Gasteiger partial charge in [-0.05, 0) is 49.6 Å². The monoisotopic (exact) mass is 310 g/mol. The first kappa shape index (κ1) is 16.5. The second-order valence-electron chi connectivity index (χ2n) is 6.00. The second-order valence-corrected chi connectivity index (χ2v) is 6.78. The molecule has 1 amide bonds. The fraction of sp³-hybridized carbons (Fsp3) is 0.688. The summed E-state index contributed by atoms with van der Waals surface area (Å²) in [5.74, 6) is 0.141. The first-order valence-corrected chi connectivity index (χ1v) is 8.66. The topological polar surface area (TPSA) is 41.6 Å². The van der Waals surface area contributed by atoms with Crippen LogP contribution in [0.5, 0.6) is 0 Å². The molecule has 0 bridgehead atoms. The number of rotatable bonds is 6. The Bertz CT molecular complexity index is 425. The van der Waals surface area contributed by atoms with E-state index in [1.807, 2.05) is 0 Å². The number of aryl methyl sites for hydroxylation is 1. The predicted octanol–water partition coefficient (Wildman–Crippen LogP) is 2.29. The number of carbonyl (C=O) groups excluding carboxylic acids is 1. The molecule has 0 aliphatic carbocycles. The number of ether oxygens (including phenoxy) is 1. The van der Waals surface area contributed by atoms with Gasteiger partial charge in [0.15, 0.2) is 0 Å². The smallest absolute Gasteiger partial charge is 0.220 e. The Balaban J connectivity index is 1.68. The molecule has 2 rings (SSSR count). The maximum Gasteiger partial charge on any atom is 0.220 e. The van der Waals surface area contributed by atoms with Crippen LogP contribution in [0.2, 0.25) is 0 Å². The van der Waals surface area contributed by atoms with Gasteiger partial charge >= 0.3 is 0 Å². The zero-order valence-corrected chi connectivity index (χ0v) is 14.0. The summed E-state index contributed by atoms with van der Waals surface area (Å²) in [5.41, 5.74) is 1.25. The Labute approximate surface area is 131 Å². The maximum absolute atomic E-state index is 11.9. The van der Waals surface area contributed by atoms with Gasteiger partial charge in [-0.15, -0.1) is 0 Å². The van der Waals surface area contributed by atoms with Gasteiger partial charge in [0.2, 0.25) is 5.91 Å². The second kappa shape index (κ2) is 7.92. The third kappa shape index (κ3) is 5.41. The summed E-state index contributed by atoms with van der Waals surface area (Å²) in [7, 11) is 0. The largest absolute Gasteiger partial charge is 0.373 e. The Morgan fingerprint density at radius 1 is 1.48 bits per heavy atom. The van der Waals surface area contributed by atoms with Crippen LogP contribution in [0.15, 0.2) is 16.8 Å². The normalized spacial score (nSPS) is 24.7.